The average molecular weight is 282 g/mol. The zero-order valence-electron chi connectivity index (χ0n) is 11.3. The Balaban J connectivity index is 3.70. The topological polar surface area (TPSA) is 115 Å². The first-order valence-corrected chi connectivity index (χ1v) is 6.34. The molecule has 4 N–H and O–H groups in total. The van der Waals surface area contributed by atoms with E-state index in [9.17, 15) is 24.9 Å². The van der Waals surface area contributed by atoms with Crippen LogP contribution >= 0.6 is 0 Å². The van der Waals surface area contributed by atoms with Crippen LogP contribution in [-0.4, -0.2) is 32.4 Å². The molecule has 0 bridgehead atoms. The van der Waals surface area contributed by atoms with Crippen molar-refractivity contribution in [3.63, 3.8) is 0 Å². The van der Waals surface area contributed by atoms with E-state index in [1.807, 2.05) is 0 Å². The van der Waals surface area contributed by atoms with E-state index in [4.69, 9.17) is 5.11 Å². The van der Waals surface area contributed by atoms with Crippen molar-refractivity contribution >= 4 is 11.9 Å². The molecule has 0 saturated carbocycles. The standard InChI is InChI=1S/C14H18O6/c1-3-9(15)7-5-6-8(13(17)18)11(10(16)4-2)12(7)14(19)20/h5-6,9-10,15-16H,3-4H2,1-2H3,(H,17,18)(H,19,20). The highest BCUT2D eigenvalue weighted by Crippen LogP contribution is 2.32. The summed E-state index contributed by atoms with van der Waals surface area (Å²) in [5.41, 5.74) is -0.623. The monoisotopic (exact) mass is 282 g/mol. The summed E-state index contributed by atoms with van der Waals surface area (Å²) < 4.78 is 0. The van der Waals surface area contributed by atoms with E-state index >= 15 is 0 Å². The summed E-state index contributed by atoms with van der Waals surface area (Å²) in [5.74, 6) is -2.68. The van der Waals surface area contributed by atoms with Crippen LogP contribution in [0.3, 0.4) is 0 Å². The molecule has 0 aromatic heterocycles. The van der Waals surface area contributed by atoms with Crippen molar-refractivity contribution in [2.45, 2.75) is 38.9 Å². The van der Waals surface area contributed by atoms with E-state index in [2.05, 4.69) is 0 Å². The third-order valence-corrected chi connectivity index (χ3v) is 3.19. The number of rotatable bonds is 6. The van der Waals surface area contributed by atoms with Crippen LogP contribution in [0.15, 0.2) is 12.1 Å². The summed E-state index contributed by atoms with van der Waals surface area (Å²) in [5, 5.41) is 38.3. The average Bonchev–Trinajstić information content (AvgIpc) is 2.43. The van der Waals surface area contributed by atoms with Crippen LogP contribution in [0.5, 0.6) is 0 Å². The van der Waals surface area contributed by atoms with Crippen molar-refractivity contribution in [1.29, 1.82) is 0 Å². The van der Waals surface area contributed by atoms with Crippen molar-refractivity contribution in [1.82, 2.24) is 0 Å². The number of aliphatic hydroxyl groups is 2. The number of carboxylic acid groups (broad SMARTS) is 2. The number of hydrogen-bond donors (Lipinski definition) is 4. The van der Waals surface area contributed by atoms with Gasteiger partial charge in [-0.15, -0.1) is 0 Å². The van der Waals surface area contributed by atoms with Gasteiger partial charge in [0.05, 0.1) is 23.3 Å². The molecule has 2 unspecified atom stereocenters. The van der Waals surface area contributed by atoms with Crippen LogP contribution in [0, 0.1) is 0 Å². The Morgan fingerprint density at radius 2 is 1.55 bits per heavy atom. The zero-order valence-corrected chi connectivity index (χ0v) is 11.3. The summed E-state index contributed by atoms with van der Waals surface area (Å²) in [7, 11) is 0. The minimum absolute atomic E-state index is 0.118. The van der Waals surface area contributed by atoms with Crippen LogP contribution in [-0.2, 0) is 0 Å². The lowest BCUT2D eigenvalue weighted by Crippen LogP contribution is -2.17. The van der Waals surface area contributed by atoms with Crippen LogP contribution in [0.25, 0.3) is 0 Å². The van der Waals surface area contributed by atoms with Gasteiger partial charge in [0, 0.05) is 5.56 Å². The molecule has 0 heterocycles. The van der Waals surface area contributed by atoms with Gasteiger partial charge in [-0.1, -0.05) is 19.9 Å². The van der Waals surface area contributed by atoms with E-state index in [1.54, 1.807) is 13.8 Å². The molecule has 6 nitrogen and oxygen atoms in total. The SMILES string of the molecule is CCC(O)c1ccc(C(=O)O)c(C(O)CC)c1C(=O)O. The molecule has 0 radical (unpaired) electrons. The molecular formula is C14H18O6. The Morgan fingerprint density at radius 1 is 1.00 bits per heavy atom. The van der Waals surface area contributed by atoms with E-state index in [-0.39, 0.29) is 35.1 Å². The lowest BCUT2D eigenvalue weighted by molar-refractivity contribution is 0.0673. The summed E-state index contributed by atoms with van der Waals surface area (Å²) in [4.78, 5) is 22.6. The van der Waals surface area contributed by atoms with Crippen molar-refractivity contribution in [3.05, 3.63) is 34.4 Å². The zero-order chi connectivity index (χ0) is 15.4. The summed E-state index contributed by atoms with van der Waals surface area (Å²) in [6, 6.07) is 2.50. The molecule has 0 aliphatic rings. The number of aliphatic hydroxyl groups excluding tert-OH is 2. The van der Waals surface area contributed by atoms with Crippen LogP contribution < -0.4 is 0 Å². The molecule has 110 valence electrons. The molecule has 1 rings (SSSR count). The molecule has 0 fully saturated rings. The van der Waals surface area contributed by atoms with Crippen molar-refractivity contribution < 1.29 is 30.0 Å². The second kappa shape index (κ2) is 6.49. The minimum Gasteiger partial charge on any atom is -0.478 e. The first-order chi connectivity index (χ1) is 9.34. The van der Waals surface area contributed by atoms with E-state index in [0.29, 0.717) is 0 Å². The third-order valence-electron chi connectivity index (χ3n) is 3.19. The second-order valence-electron chi connectivity index (χ2n) is 4.45. The molecule has 0 spiro atoms. The molecule has 1 aromatic carbocycles. The number of aromatic carboxylic acids is 2. The smallest absolute Gasteiger partial charge is 0.336 e. The maximum Gasteiger partial charge on any atom is 0.336 e. The van der Waals surface area contributed by atoms with Gasteiger partial charge in [-0.3, -0.25) is 0 Å². The highest BCUT2D eigenvalue weighted by molar-refractivity contribution is 5.98. The molecule has 1 aromatic rings. The minimum atomic E-state index is -1.36. The van der Waals surface area contributed by atoms with Crippen molar-refractivity contribution in [3.8, 4) is 0 Å². The van der Waals surface area contributed by atoms with Gasteiger partial charge in [0.15, 0.2) is 0 Å². The number of hydrogen-bond acceptors (Lipinski definition) is 4. The van der Waals surface area contributed by atoms with Gasteiger partial charge in [-0.25, -0.2) is 9.59 Å². The van der Waals surface area contributed by atoms with Gasteiger partial charge < -0.3 is 20.4 Å². The van der Waals surface area contributed by atoms with Crippen LogP contribution in [0.2, 0.25) is 0 Å². The largest absolute Gasteiger partial charge is 0.478 e. The highest BCUT2D eigenvalue weighted by atomic mass is 16.4. The first-order valence-electron chi connectivity index (χ1n) is 6.34. The van der Waals surface area contributed by atoms with E-state index in [1.165, 1.54) is 12.1 Å². The predicted octanol–water partition coefficient (Wildman–Crippen LogP) is 1.97. The molecule has 2 atom stereocenters. The highest BCUT2D eigenvalue weighted by Gasteiger charge is 2.28. The van der Waals surface area contributed by atoms with Gasteiger partial charge in [0.1, 0.15) is 0 Å². The Labute approximate surface area is 116 Å². The van der Waals surface area contributed by atoms with Crippen LogP contribution in [0.1, 0.15) is 70.7 Å². The molecule has 0 amide bonds. The second-order valence-corrected chi connectivity index (χ2v) is 4.45. The summed E-state index contributed by atoms with van der Waals surface area (Å²) >= 11 is 0. The third kappa shape index (κ3) is 2.97. The number of benzene rings is 1. The fourth-order valence-corrected chi connectivity index (χ4v) is 2.11. The molecule has 0 saturated heterocycles. The van der Waals surface area contributed by atoms with Gasteiger partial charge in [0.2, 0.25) is 0 Å². The first kappa shape index (κ1) is 16.1. The Kier molecular flexibility index (Phi) is 5.24. The normalized spacial score (nSPS) is 13.8. The molecule has 20 heavy (non-hydrogen) atoms. The Hall–Kier alpha value is -1.92. The molecule has 0 aliphatic heterocycles. The number of carboxylic acids is 2. The van der Waals surface area contributed by atoms with Gasteiger partial charge in [0.25, 0.3) is 0 Å². The maximum absolute atomic E-state index is 11.4. The quantitative estimate of drug-likeness (QED) is 0.634. The van der Waals surface area contributed by atoms with Crippen molar-refractivity contribution in [2.75, 3.05) is 0 Å². The predicted molar refractivity (Wildman–Crippen MR) is 70.9 cm³/mol. The lowest BCUT2D eigenvalue weighted by Gasteiger charge is -2.20. The Bertz CT molecular complexity index is 523. The molecular weight excluding hydrogens is 264 g/mol. The Morgan fingerprint density at radius 3 is 1.95 bits per heavy atom. The summed E-state index contributed by atoms with van der Waals surface area (Å²) in [6.45, 7) is 3.29. The number of carbonyl (C=O) groups is 2. The molecule has 0 aliphatic carbocycles. The van der Waals surface area contributed by atoms with Gasteiger partial charge in [-0.05, 0) is 24.5 Å². The fourth-order valence-electron chi connectivity index (χ4n) is 2.11. The summed E-state index contributed by atoms with van der Waals surface area (Å²) in [6.07, 6.45) is -1.77. The van der Waals surface area contributed by atoms with Gasteiger partial charge >= 0.3 is 11.9 Å². The maximum atomic E-state index is 11.4. The van der Waals surface area contributed by atoms with Crippen LogP contribution in [0.4, 0.5) is 0 Å². The van der Waals surface area contributed by atoms with Crippen molar-refractivity contribution in [2.24, 2.45) is 0 Å². The van der Waals surface area contributed by atoms with E-state index < -0.39 is 24.1 Å². The van der Waals surface area contributed by atoms with E-state index in [0.717, 1.165) is 0 Å². The van der Waals surface area contributed by atoms with Gasteiger partial charge in [-0.2, -0.15) is 0 Å². The fraction of sp³-hybridized carbons (Fsp3) is 0.429. The molecule has 6 heteroatoms. The lowest BCUT2D eigenvalue weighted by atomic mass is 9.88.